The van der Waals surface area contributed by atoms with Crippen molar-refractivity contribution in [3.63, 3.8) is 0 Å². The standard InChI is InChI=1S/C25H22N2O3/c1-3-27(22-11-6-9-18-8-4-5-10-20(18)22)25(29)19-14-13-17(2)21(16-19)26-24(28)23-12-7-15-30-23/h4-16H,3H2,1-2H3,(H,26,28). The number of nitrogens with one attached hydrogen (secondary N) is 1. The van der Waals surface area contributed by atoms with Gasteiger partial charge in [0.05, 0.1) is 12.0 Å². The van der Waals surface area contributed by atoms with Gasteiger partial charge in [0.25, 0.3) is 11.8 Å². The lowest BCUT2D eigenvalue weighted by Crippen LogP contribution is -2.31. The molecule has 0 saturated heterocycles. The Bertz CT molecular complexity index is 1210. The Balaban J connectivity index is 1.67. The first-order valence-corrected chi connectivity index (χ1v) is 9.83. The van der Waals surface area contributed by atoms with E-state index in [2.05, 4.69) is 5.32 Å². The van der Waals surface area contributed by atoms with Crippen LogP contribution in [0.3, 0.4) is 0 Å². The fourth-order valence-electron chi connectivity index (χ4n) is 3.50. The van der Waals surface area contributed by atoms with Gasteiger partial charge < -0.3 is 14.6 Å². The van der Waals surface area contributed by atoms with Crippen LogP contribution < -0.4 is 10.2 Å². The average Bonchev–Trinajstić information content (AvgIpc) is 3.31. The normalized spacial score (nSPS) is 10.7. The first-order valence-electron chi connectivity index (χ1n) is 9.83. The highest BCUT2D eigenvalue weighted by atomic mass is 16.3. The van der Waals surface area contributed by atoms with Crippen LogP contribution in [-0.4, -0.2) is 18.4 Å². The summed E-state index contributed by atoms with van der Waals surface area (Å²) in [6.07, 6.45) is 1.45. The molecule has 4 rings (SSSR count). The molecule has 3 aromatic carbocycles. The largest absolute Gasteiger partial charge is 0.459 e. The van der Waals surface area contributed by atoms with Gasteiger partial charge in [-0.3, -0.25) is 9.59 Å². The van der Waals surface area contributed by atoms with Gasteiger partial charge in [0.15, 0.2) is 5.76 Å². The van der Waals surface area contributed by atoms with Crippen LogP contribution in [0.25, 0.3) is 10.8 Å². The second-order valence-electron chi connectivity index (χ2n) is 7.01. The summed E-state index contributed by atoms with van der Waals surface area (Å²) >= 11 is 0. The van der Waals surface area contributed by atoms with Crippen LogP contribution in [0, 0.1) is 6.92 Å². The zero-order valence-corrected chi connectivity index (χ0v) is 16.9. The molecule has 1 N–H and O–H groups in total. The molecule has 0 fully saturated rings. The number of benzene rings is 3. The lowest BCUT2D eigenvalue weighted by molar-refractivity contribution is 0.0982. The van der Waals surface area contributed by atoms with Crippen LogP contribution in [0.4, 0.5) is 11.4 Å². The molecule has 0 aliphatic heterocycles. The molecule has 0 aliphatic carbocycles. The van der Waals surface area contributed by atoms with E-state index < -0.39 is 0 Å². The van der Waals surface area contributed by atoms with Crippen molar-refractivity contribution in [1.82, 2.24) is 0 Å². The fraction of sp³-hybridized carbons (Fsp3) is 0.120. The molecule has 0 saturated carbocycles. The third-order valence-corrected chi connectivity index (χ3v) is 5.10. The van der Waals surface area contributed by atoms with Gasteiger partial charge in [0.2, 0.25) is 0 Å². The van der Waals surface area contributed by atoms with E-state index >= 15 is 0 Å². The minimum Gasteiger partial charge on any atom is -0.459 e. The second kappa shape index (κ2) is 8.25. The van der Waals surface area contributed by atoms with E-state index in [1.807, 2.05) is 62.4 Å². The van der Waals surface area contributed by atoms with Crippen molar-refractivity contribution in [1.29, 1.82) is 0 Å². The predicted molar refractivity (Wildman–Crippen MR) is 119 cm³/mol. The van der Waals surface area contributed by atoms with Crippen molar-refractivity contribution >= 4 is 34.0 Å². The van der Waals surface area contributed by atoms with E-state index in [0.29, 0.717) is 17.8 Å². The van der Waals surface area contributed by atoms with Crippen LogP contribution in [0.2, 0.25) is 0 Å². The summed E-state index contributed by atoms with van der Waals surface area (Å²) in [4.78, 5) is 27.5. The summed E-state index contributed by atoms with van der Waals surface area (Å²) in [5.41, 5.74) is 2.81. The highest BCUT2D eigenvalue weighted by Crippen LogP contribution is 2.28. The van der Waals surface area contributed by atoms with Gasteiger partial charge in [-0.25, -0.2) is 0 Å². The number of furan rings is 1. The van der Waals surface area contributed by atoms with E-state index in [9.17, 15) is 9.59 Å². The quantitative estimate of drug-likeness (QED) is 0.472. The van der Waals surface area contributed by atoms with E-state index in [4.69, 9.17) is 4.42 Å². The van der Waals surface area contributed by atoms with E-state index in [1.165, 1.54) is 6.26 Å². The summed E-state index contributed by atoms with van der Waals surface area (Å²) in [5.74, 6) is -0.256. The van der Waals surface area contributed by atoms with E-state index in [0.717, 1.165) is 22.0 Å². The molecule has 0 bridgehead atoms. The van der Waals surface area contributed by atoms with E-state index in [-0.39, 0.29) is 17.6 Å². The predicted octanol–water partition coefficient (Wildman–Crippen LogP) is 5.66. The Morgan fingerprint density at radius 1 is 0.967 bits per heavy atom. The van der Waals surface area contributed by atoms with Crippen LogP contribution in [0.1, 0.15) is 33.4 Å². The minimum atomic E-state index is -0.353. The number of hydrogen-bond donors (Lipinski definition) is 1. The van der Waals surface area contributed by atoms with Gasteiger partial charge >= 0.3 is 0 Å². The van der Waals surface area contributed by atoms with Crippen LogP contribution in [-0.2, 0) is 0 Å². The number of nitrogens with zero attached hydrogens (tertiary/aromatic N) is 1. The zero-order chi connectivity index (χ0) is 21.1. The van der Waals surface area contributed by atoms with Crippen molar-refractivity contribution in [2.24, 2.45) is 0 Å². The van der Waals surface area contributed by atoms with E-state index in [1.54, 1.807) is 29.2 Å². The maximum Gasteiger partial charge on any atom is 0.291 e. The Kier molecular flexibility index (Phi) is 5.35. The van der Waals surface area contributed by atoms with Gasteiger partial charge in [0, 0.05) is 23.2 Å². The molecule has 0 spiro atoms. The number of carbonyl (C=O) groups is 2. The number of fused-ring (bicyclic) bond motifs is 1. The lowest BCUT2D eigenvalue weighted by atomic mass is 10.1. The second-order valence-corrected chi connectivity index (χ2v) is 7.01. The van der Waals surface area contributed by atoms with Crippen molar-refractivity contribution in [2.75, 3.05) is 16.8 Å². The molecule has 1 aromatic heterocycles. The minimum absolute atomic E-state index is 0.123. The van der Waals surface area contributed by atoms with Gasteiger partial charge in [-0.2, -0.15) is 0 Å². The van der Waals surface area contributed by atoms with Crippen molar-refractivity contribution < 1.29 is 14.0 Å². The molecular weight excluding hydrogens is 376 g/mol. The molecule has 5 heteroatoms. The fourth-order valence-corrected chi connectivity index (χ4v) is 3.50. The Morgan fingerprint density at radius 2 is 1.77 bits per heavy atom. The number of carbonyl (C=O) groups excluding carboxylic acids is 2. The molecule has 5 nitrogen and oxygen atoms in total. The number of hydrogen-bond acceptors (Lipinski definition) is 3. The third-order valence-electron chi connectivity index (χ3n) is 5.10. The summed E-state index contributed by atoms with van der Waals surface area (Å²) < 4.78 is 5.15. The molecular formula is C25H22N2O3. The molecule has 0 radical (unpaired) electrons. The van der Waals surface area contributed by atoms with Crippen molar-refractivity contribution in [2.45, 2.75) is 13.8 Å². The van der Waals surface area contributed by atoms with Crippen molar-refractivity contribution in [3.8, 4) is 0 Å². The summed E-state index contributed by atoms with van der Waals surface area (Å²) in [7, 11) is 0. The monoisotopic (exact) mass is 398 g/mol. The lowest BCUT2D eigenvalue weighted by Gasteiger charge is -2.23. The molecule has 1 heterocycles. The molecule has 30 heavy (non-hydrogen) atoms. The highest BCUT2D eigenvalue weighted by molar-refractivity contribution is 6.11. The Hall–Kier alpha value is -3.86. The molecule has 2 amide bonds. The summed E-state index contributed by atoms with van der Waals surface area (Å²) in [5, 5.41) is 4.93. The Labute approximate surface area is 174 Å². The third kappa shape index (κ3) is 3.70. The number of rotatable bonds is 5. The SMILES string of the molecule is CCN(C(=O)c1ccc(C)c(NC(=O)c2ccco2)c1)c1cccc2ccccc12. The molecule has 150 valence electrons. The van der Waals surface area contributed by atoms with Crippen LogP contribution in [0.15, 0.2) is 83.5 Å². The number of amides is 2. The molecule has 4 aromatic rings. The maximum absolute atomic E-state index is 13.4. The number of aryl methyl sites for hydroxylation is 1. The van der Waals surface area contributed by atoms with Crippen LogP contribution in [0.5, 0.6) is 0 Å². The first kappa shape index (κ1) is 19.5. The molecule has 0 atom stereocenters. The summed E-state index contributed by atoms with van der Waals surface area (Å²) in [6.45, 7) is 4.36. The van der Waals surface area contributed by atoms with Gasteiger partial charge in [0.1, 0.15) is 0 Å². The first-order chi connectivity index (χ1) is 14.6. The van der Waals surface area contributed by atoms with Gasteiger partial charge in [-0.15, -0.1) is 0 Å². The smallest absolute Gasteiger partial charge is 0.291 e. The molecule has 0 aliphatic rings. The highest BCUT2D eigenvalue weighted by Gasteiger charge is 2.19. The van der Waals surface area contributed by atoms with Gasteiger partial charge in [-0.1, -0.05) is 42.5 Å². The zero-order valence-electron chi connectivity index (χ0n) is 16.9. The topological polar surface area (TPSA) is 62.6 Å². The van der Waals surface area contributed by atoms with Crippen LogP contribution >= 0.6 is 0 Å². The molecule has 0 unspecified atom stereocenters. The average molecular weight is 398 g/mol. The number of anilines is 2. The summed E-state index contributed by atoms with van der Waals surface area (Å²) in [6, 6.07) is 22.5. The van der Waals surface area contributed by atoms with Crippen molar-refractivity contribution in [3.05, 3.63) is 95.9 Å². The van der Waals surface area contributed by atoms with Gasteiger partial charge in [-0.05, 0) is 55.1 Å². The Morgan fingerprint density at radius 3 is 2.53 bits per heavy atom. The maximum atomic E-state index is 13.4.